The molecule has 0 radical (unpaired) electrons. The molecule has 0 aliphatic rings. The number of aromatic nitrogens is 24. The predicted molar refractivity (Wildman–Crippen MR) is 428 cm³/mol. The molecule has 720 valence electrons. The van der Waals surface area contributed by atoms with Crippen molar-refractivity contribution in [2.75, 3.05) is 0 Å². The average Bonchev–Trinajstić information content (AvgIpc) is 1.89. The van der Waals surface area contributed by atoms with Gasteiger partial charge in [0.05, 0.1) is 163 Å². The van der Waals surface area contributed by atoms with Gasteiger partial charge >= 0.3 is 0 Å². The van der Waals surface area contributed by atoms with Gasteiger partial charge in [0.15, 0.2) is 0 Å². The summed E-state index contributed by atoms with van der Waals surface area (Å²) < 4.78 is 161. The summed E-state index contributed by atoms with van der Waals surface area (Å²) in [5.74, 6) is 0. The van der Waals surface area contributed by atoms with E-state index in [0.717, 1.165) is 78.5 Å². The summed E-state index contributed by atoms with van der Waals surface area (Å²) in [5, 5.41) is 0. The average molecular weight is 1920 g/mol. The molecule has 0 spiro atoms. The lowest BCUT2D eigenvalue weighted by Crippen LogP contribution is -2.28. The fraction of sp³-hybridized carbons (Fsp3) is 0.500. The second-order valence-electron chi connectivity index (χ2n) is 25.5. The molecule has 0 fully saturated rings. The van der Waals surface area contributed by atoms with Crippen molar-refractivity contribution in [3.8, 4) is 0 Å². The molecule has 12 rings (SSSR count). The van der Waals surface area contributed by atoms with Gasteiger partial charge in [-0.15, -0.1) is 0 Å². The molecule has 12 aromatic heterocycles. The highest BCUT2D eigenvalue weighted by atomic mass is 31.2. The minimum Gasteiger partial charge on any atom is -0.786 e. The summed E-state index contributed by atoms with van der Waals surface area (Å²) in [6, 6.07) is 0. The van der Waals surface area contributed by atoms with Crippen LogP contribution in [0.25, 0.3) is 0 Å². The minimum atomic E-state index is -5.64. The molecule has 12 heterocycles. The van der Waals surface area contributed by atoms with Gasteiger partial charge in [-0.1, -0.05) is 0 Å². The summed E-state index contributed by atoms with van der Waals surface area (Å²) in [5.41, 5.74) is 0. The van der Waals surface area contributed by atoms with Crippen LogP contribution in [0.2, 0.25) is 0 Å². The van der Waals surface area contributed by atoms with E-state index in [1.165, 1.54) is 0 Å². The van der Waals surface area contributed by atoms with Gasteiger partial charge < -0.3 is 86.1 Å². The van der Waals surface area contributed by atoms with Gasteiger partial charge in [0.2, 0.25) is 75.9 Å². The van der Waals surface area contributed by atoms with Gasteiger partial charge in [-0.3, -0.25) is 0 Å². The Morgan fingerprint density at radius 2 is 0.214 bits per heavy atom. The van der Waals surface area contributed by atoms with E-state index in [4.69, 9.17) is 86.1 Å². The van der Waals surface area contributed by atoms with Gasteiger partial charge in [0, 0.05) is 0 Å². The molecule has 54 heteroatoms. The van der Waals surface area contributed by atoms with Gasteiger partial charge in [0.25, 0.3) is 0 Å². The zero-order chi connectivity index (χ0) is 98.8. The smallest absolute Gasteiger partial charge is 0.243 e. The highest BCUT2D eigenvalue weighted by Crippen LogP contribution is 2.24. The van der Waals surface area contributed by atoms with Crippen LogP contribution in [0.1, 0.15) is 83.1 Å². The first kappa shape index (κ1) is 128. The molecular weight excluding hydrogens is 1790 g/mol. The topological polar surface area (TPSA) is 485 Å². The zero-order valence-electron chi connectivity index (χ0n) is 76.3. The van der Waals surface area contributed by atoms with Crippen LogP contribution in [0.5, 0.6) is 0 Å². The number of nitrogens with zero attached hydrogens (tertiary/aromatic N) is 24. The van der Waals surface area contributed by atoms with E-state index in [-0.39, 0.29) is 0 Å². The second-order valence-corrected chi connectivity index (χ2v) is 30.7. The highest BCUT2D eigenvalue weighted by molar-refractivity contribution is 7.43. The summed E-state index contributed by atoms with van der Waals surface area (Å²) in [6.45, 7) is 38.2. The molecule has 0 saturated carbocycles. The van der Waals surface area contributed by atoms with E-state index >= 15 is 0 Å². The van der Waals surface area contributed by atoms with Crippen LogP contribution < -0.4 is 114 Å². The Bertz CT molecular complexity index is 3870. The van der Waals surface area contributed by atoms with Crippen molar-refractivity contribution in [2.24, 2.45) is 84.6 Å². The van der Waals surface area contributed by atoms with Crippen LogP contribution in [0.3, 0.4) is 0 Å². The summed E-state index contributed by atoms with van der Waals surface area (Å²) in [6.07, 6.45) is 73.7. The molecule has 0 aliphatic heterocycles. The Kier molecular flexibility index (Phi) is 72.0. The van der Waals surface area contributed by atoms with Crippen LogP contribution in [0, 0.1) is 0 Å². The lowest BCUT2D eigenvalue weighted by atomic mass is 10.7. The highest BCUT2D eigenvalue weighted by Gasteiger charge is 2.01. The number of aryl methyl sites for hydroxylation is 24. The number of hydrogen-bond donors (Lipinski definition) is 0. The maximum absolute atomic E-state index is 10.1. The number of rotatable bonds is 12. The Labute approximate surface area is 736 Å². The van der Waals surface area contributed by atoms with Crippen LogP contribution in [-0.2, 0) is 190 Å². The van der Waals surface area contributed by atoms with Crippen molar-refractivity contribution in [1.82, 2.24) is 54.8 Å². The molecule has 0 saturated heterocycles. The normalized spacial score (nSPS) is 10.2. The molecular formula is C72H132F6N24O18P6. The summed E-state index contributed by atoms with van der Waals surface area (Å²) in [4.78, 5) is 101. The lowest BCUT2D eigenvalue weighted by molar-refractivity contribution is -0.693. The van der Waals surface area contributed by atoms with Crippen molar-refractivity contribution in [1.29, 1.82) is 0 Å². The SMILES string of the molecule is CC[n+]1ccn(C)c1.CC[n+]1ccn(C)c1.CC[n+]1ccn(C)c1.CC[n+]1ccn(C)c1.CC[n+]1ccn(C)c1.CC[n+]1ccn(C)c1.CC[n+]1ccn(C)c1.CC[n+]1ccn(C)c1.CC[n+]1ccn(C)c1.CC[n+]1ccn(C)c1.CC[n+]1ccn(C)c1.CC[n+]1ccn(C)c1.O=P([O-])([O-])F.O=P([O-])([O-])F.O=P([O-])([O-])F.O=P([O-])([O-])F.O=P([O-])([O-])F.O=P([O-])([O-])F. The maximum Gasteiger partial charge on any atom is 0.243 e. The predicted octanol–water partition coefficient (Wildman–Crippen LogP) is -3.30. The van der Waals surface area contributed by atoms with Gasteiger partial charge in [-0.2, -0.15) is 0 Å². The standard InChI is InChI=1S/12C6H11N2.6FH2O3P/c12*1-3-8-5-4-7(2)6-8;6*1-5(2,3)4/h12*4-6H,3H2,1-2H3;6*(H2,2,3,4)/q12*+1;;;;;;/p-12. The van der Waals surface area contributed by atoms with Gasteiger partial charge in [-0.25, -0.2) is 135 Å². The third kappa shape index (κ3) is 98.8. The number of hydrogen-bond acceptors (Lipinski definition) is 18. The lowest BCUT2D eigenvalue weighted by Gasteiger charge is -2.15. The quantitative estimate of drug-likeness (QED) is 0.0657. The van der Waals surface area contributed by atoms with Crippen LogP contribution in [0.15, 0.2) is 225 Å². The number of imidazole rings is 12. The summed E-state index contributed by atoms with van der Waals surface area (Å²) in [7, 11) is -9.59. The summed E-state index contributed by atoms with van der Waals surface area (Å²) >= 11 is 0. The van der Waals surface area contributed by atoms with E-state index in [0.29, 0.717) is 0 Å². The first-order chi connectivity index (χ1) is 57.9. The monoisotopic (exact) mass is 1920 g/mol. The van der Waals surface area contributed by atoms with E-state index in [9.17, 15) is 25.2 Å². The fourth-order valence-corrected chi connectivity index (χ4v) is 8.27. The molecule has 0 amide bonds. The van der Waals surface area contributed by atoms with Gasteiger partial charge in [-0.05, 0) is 83.1 Å². The molecule has 42 nitrogen and oxygen atoms in total. The van der Waals surface area contributed by atoms with E-state index in [1.54, 1.807) is 0 Å². The fourth-order valence-electron chi connectivity index (χ4n) is 8.27. The van der Waals surface area contributed by atoms with E-state index in [2.05, 4.69) is 288 Å². The first-order valence-electron chi connectivity index (χ1n) is 38.3. The molecule has 126 heavy (non-hydrogen) atoms. The molecule has 0 atom stereocenters. The molecule has 0 unspecified atom stereocenters. The van der Waals surface area contributed by atoms with Crippen molar-refractivity contribution in [2.45, 2.75) is 162 Å². The van der Waals surface area contributed by atoms with Gasteiger partial charge in [0.1, 0.15) is 196 Å². The molecule has 12 aromatic rings. The Hall–Kier alpha value is -9.00. The zero-order valence-corrected chi connectivity index (χ0v) is 81.7. The van der Waals surface area contributed by atoms with Crippen molar-refractivity contribution < 1.29 is 166 Å². The Morgan fingerprint density at radius 1 is 0.167 bits per heavy atom. The van der Waals surface area contributed by atoms with Crippen LogP contribution >= 0.6 is 47.4 Å². The minimum absolute atomic E-state index is 1.06. The molecule has 0 aliphatic carbocycles. The Morgan fingerprint density at radius 3 is 0.230 bits per heavy atom. The first-order valence-corrected chi connectivity index (χ1v) is 46.9. The van der Waals surface area contributed by atoms with E-state index < -0.39 is 47.4 Å². The third-order valence-electron chi connectivity index (χ3n) is 14.3. The second kappa shape index (κ2) is 71.0. The third-order valence-corrected chi connectivity index (χ3v) is 14.3. The molecule has 0 bridgehead atoms. The van der Waals surface area contributed by atoms with E-state index in [1.807, 2.05) is 214 Å². The van der Waals surface area contributed by atoms with Crippen molar-refractivity contribution >= 4 is 47.4 Å². The molecule has 0 aromatic carbocycles. The maximum atomic E-state index is 10.1. The molecule has 0 N–H and O–H groups in total. The van der Waals surface area contributed by atoms with Crippen LogP contribution in [0.4, 0.5) is 25.2 Å². The number of halogens is 6. The van der Waals surface area contributed by atoms with Crippen molar-refractivity contribution in [3.63, 3.8) is 0 Å². The van der Waals surface area contributed by atoms with Crippen molar-refractivity contribution in [3.05, 3.63) is 225 Å². The Balaban J connectivity index is -0.000000304. The van der Waals surface area contributed by atoms with Crippen LogP contribution in [-0.4, -0.2) is 54.8 Å². The largest absolute Gasteiger partial charge is 0.786 e.